The zero-order chi connectivity index (χ0) is 13.8. The first-order valence-electron chi connectivity index (χ1n) is 6.17. The third-order valence-electron chi connectivity index (χ3n) is 3.12. The van der Waals surface area contributed by atoms with Gasteiger partial charge in [0.05, 0.1) is 7.11 Å². The van der Waals surface area contributed by atoms with Crippen LogP contribution in [0.1, 0.15) is 23.2 Å². The smallest absolute Gasteiger partial charge is 0.258 e. The molecule has 0 radical (unpaired) electrons. The molecular formula is C13H17ClF2N2O2. The zero-order valence-electron chi connectivity index (χ0n) is 11.0. The summed E-state index contributed by atoms with van der Waals surface area (Å²) >= 11 is 0. The second-order valence-electron chi connectivity index (χ2n) is 4.45. The molecule has 0 aromatic heterocycles. The SMILES string of the molecule is COc1c(F)ccc(F)c1C(=O)N[C@H]1CCCNC1.Cl. The van der Waals surface area contributed by atoms with Crippen LogP contribution in [-0.2, 0) is 0 Å². The molecule has 1 aliphatic rings. The van der Waals surface area contributed by atoms with Gasteiger partial charge in [-0.1, -0.05) is 0 Å². The van der Waals surface area contributed by atoms with Crippen molar-refractivity contribution in [3.63, 3.8) is 0 Å². The van der Waals surface area contributed by atoms with Gasteiger partial charge < -0.3 is 15.4 Å². The van der Waals surface area contributed by atoms with Gasteiger partial charge in [-0.25, -0.2) is 8.78 Å². The summed E-state index contributed by atoms with van der Waals surface area (Å²) in [7, 11) is 1.21. The van der Waals surface area contributed by atoms with Crippen LogP contribution in [0.4, 0.5) is 8.78 Å². The summed E-state index contributed by atoms with van der Waals surface area (Å²) in [6.07, 6.45) is 1.76. The fourth-order valence-corrected chi connectivity index (χ4v) is 2.18. The molecule has 2 rings (SSSR count). The molecule has 1 aliphatic heterocycles. The number of halogens is 3. The Balaban J connectivity index is 0.00000200. The van der Waals surface area contributed by atoms with E-state index in [0.29, 0.717) is 6.54 Å². The standard InChI is InChI=1S/C13H16F2N2O2.ClH/c1-19-12-10(15)5-4-9(14)11(12)13(18)17-8-3-2-6-16-7-8;/h4-5,8,16H,2-3,6-7H2,1H3,(H,17,18);1H/t8-;/m0./s1. The number of methoxy groups -OCH3 is 1. The van der Waals surface area contributed by atoms with Gasteiger partial charge in [-0.2, -0.15) is 0 Å². The average Bonchev–Trinajstić information content (AvgIpc) is 2.42. The third-order valence-corrected chi connectivity index (χ3v) is 3.12. The summed E-state index contributed by atoms with van der Waals surface area (Å²) in [5.41, 5.74) is -0.381. The van der Waals surface area contributed by atoms with Gasteiger partial charge in [0.15, 0.2) is 11.6 Å². The van der Waals surface area contributed by atoms with E-state index in [9.17, 15) is 13.6 Å². The lowest BCUT2D eigenvalue weighted by atomic mass is 10.1. The largest absolute Gasteiger partial charge is 0.493 e. The molecule has 112 valence electrons. The molecule has 0 spiro atoms. The number of ether oxygens (including phenoxy) is 1. The van der Waals surface area contributed by atoms with Gasteiger partial charge in [-0.15, -0.1) is 12.4 Å². The maximum Gasteiger partial charge on any atom is 0.258 e. The Morgan fingerprint density at radius 1 is 1.40 bits per heavy atom. The summed E-state index contributed by atoms with van der Waals surface area (Å²) < 4.78 is 32.0. The second kappa shape index (κ2) is 7.40. The van der Waals surface area contributed by atoms with E-state index in [1.165, 1.54) is 7.11 Å². The highest BCUT2D eigenvalue weighted by atomic mass is 35.5. The number of amides is 1. The van der Waals surface area contributed by atoms with Crippen LogP contribution in [0.2, 0.25) is 0 Å². The van der Waals surface area contributed by atoms with E-state index in [2.05, 4.69) is 10.6 Å². The number of nitrogens with one attached hydrogen (secondary N) is 2. The van der Waals surface area contributed by atoms with Gasteiger partial charge in [0.1, 0.15) is 11.4 Å². The lowest BCUT2D eigenvalue weighted by molar-refractivity contribution is 0.0922. The molecule has 0 bridgehead atoms. The minimum absolute atomic E-state index is 0. The molecule has 1 amide bonds. The van der Waals surface area contributed by atoms with Gasteiger partial charge in [-0.3, -0.25) is 4.79 Å². The maximum atomic E-state index is 13.7. The Morgan fingerprint density at radius 3 is 2.70 bits per heavy atom. The summed E-state index contributed by atoms with van der Waals surface area (Å²) in [6.45, 7) is 1.54. The average molecular weight is 307 g/mol. The zero-order valence-corrected chi connectivity index (χ0v) is 11.9. The van der Waals surface area contributed by atoms with Gasteiger partial charge in [0.2, 0.25) is 0 Å². The first-order valence-corrected chi connectivity index (χ1v) is 6.17. The monoisotopic (exact) mass is 306 g/mol. The Labute approximate surface area is 122 Å². The molecule has 0 aliphatic carbocycles. The van der Waals surface area contributed by atoms with Crippen molar-refractivity contribution in [3.8, 4) is 5.75 Å². The fraction of sp³-hybridized carbons (Fsp3) is 0.462. The van der Waals surface area contributed by atoms with Crippen LogP contribution >= 0.6 is 12.4 Å². The third kappa shape index (κ3) is 3.58. The second-order valence-corrected chi connectivity index (χ2v) is 4.45. The summed E-state index contributed by atoms with van der Waals surface area (Å²) in [5, 5.41) is 5.82. The van der Waals surface area contributed by atoms with Crippen LogP contribution in [0.15, 0.2) is 12.1 Å². The maximum absolute atomic E-state index is 13.7. The lowest BCUT2D eigenvalue weighted by Crippen LogP contribution is -2.45. The molecule has 7 heteroatoms. The number of carbonyl (C=O) groups excluding carboxylic acids is 1. The fourth-order valence-electron chi connectivity index (χ4n) is 2.18. The lowest BCUT2D eigenvalue weighted by Gasteiger charge is -2.24. The number of piperidine rings is 1. The molecule has 0 saturated carbocycles. The van der Waals surface area contributed by atoms with Gasteiger partial charge in [0.25, 0.3) is 5.91 Å². The molecule has 20 heavy (non-hydrogen) atoms. The summed E-state index contributed by atoms with van der Waals surface area (Å²) in [6, 6.07) is 1.78. The van der Waals surface area contributed by atoms with Gasteiger partial charge in [-0.05, 0) is 31.5 Å². The highest BCUT2D eigenvalue weighted by Gasteiger charge is 2.24. The molecule has 2 N–H and O–H groups in total. The van der Waals surface area contributed by atoms with E-state index in [4.69, 9.17) is 4.74 Å². The van der Waals surface area contributed by atoms with Crippen LogP contribution < -0.4 is 15.4 Å². The van der Waals surface area contributed by atoms with E-state index >= 15 is 0 Å². The van der Waals surface area contributed by atoms with Crippen LogP contribution in [0.3, 0.4) is 0 Å². The molecule has 1 aromatic rings. The summed E-state index contributed by atoms with van der Waals surface area (Å²) in [4.78, 5) is 12.0. The molecule has 1 atom stereocenters. The summed E-state index contributed by atoms with van der Waals surface area (Å²) in [5.74, 6) is -2.56. The van der Waals surface area contributed by atoms with E-state index in [1.807, 2.05) is 0 Å². The van der Waals surface area contributed by atoms with Gasteiger partial charge >= 0.3 is 0 Å². The molecular weight excluding hydrogens is 290 g/mol. The van der Waals surface area contributed by atoms with Crippen LogP contribution in [0.25, 0.3) is 0 Å². The highest BCUT2D eigenvalue weighted by Crippen LogP contribution is 2.25. The van der Waals surface area contributed by atoms with Gasteiger partial charge in [0, 0.05) is 12.6 Å². The predicted octanol–water partition coefficient (Wildman–Crippen LogP) is 1.88. The highest BCUT2D eigenvalue weighted by molar-refractivity contribution is 5.97. The topological polar surface area (TPSA) is 50.4 Å². The van der Waals surface area contributed by atoms with Crippen molar-refractivity contribution >= 4 is 18.3 Å². The molecule has 4 nitrogen and oxygen atoms in total. The van der Waals surface area contributed by atoms with Crippen molar-refractivity contribution in [1.29, 1.82) is 0 Å². The van der Waals surface area contributed by atoms with Crippen molar-refractivity contribution in [3.05, 3.63) is 29.3 Å². The van der Waals surface area contributed by atoms with E-state index in [0.717, 1.165) is 31.5 Å². The molecule has 1 fully saturated rings. The predicted molar refractivity (Wildman–Crippen MR) is 73.5 cm³/mol. The Hall–Kier alpha value is -1.40. The number of hydrogen-bond donors (Lipinski definition) is 2. The minimum atomic E-state index is -0.792. The molecule has 0 unspecified atom stereocenters. The Kier molecular flexibility index (Phi) is 6.16. The number of rotatable bonds is 3. The Morgan fingerprint density at radius 2 is 2.10 bits per heavy atom. The van der Waals surface area contributed by atoms with Crippen molar-refractivity contribution in [2.75, 3.05) is 20.2 Å². The number of carbonyl (C=O) groups is 1. The van der Waals surface area contributed by atoms with Crippen LogP contribution in [0.5, 0.6) is 5.75 Å². The van der Waals surface area contributed by atoms with E-state index in [-0.39, 0.29) is 29.8 Å². The normalized spacial score (nSPS) is 18.1. The van der Waals surface area contributed by atoms with Crippen molar-refractivity contribution in [2.45, 2.75) is 18.9 Å². The van der Waals surface area contributed by atoms with Crippen molar-refractivity contribution in [2.24, 2.45) is 0 Å². The van der Waals surface area contributed by atoms with Crippen LogP contribution in [0, 0.1) is 11.6 Å². The minimum Gasteiger partial charge on any atom is -0.493 e. The van der Waals surface area contributed by atoms with Crippen LogP contribution in [-0.4, -0.2) is 32.1 Å². The van der Waals surface area contributed by atoms with E-state index < -0.39 is 17.5 Å². The number of benzene rings is 1. The molecule has 1 saturated heterocycles. The molecule has 1 aromatic carbocycles. The number of hydrogen-bond acceptors (Lipinski definition) is 3. The molecule has 1 heterocycles. The van der Waals surface area contributed by atoms with E-state index in [1.54, 1.807) is 0 Å². The van der Waals surface area contributed by atoms with Crippen molar-refractivity contribution < 1.29 is 18.3 Å². The Bertz CT molecular complexity index is 480. The first kappa shape index (κ1) is 16.7. The quantitative estimate of drug-likeness (QED) is 0.896. The van der Waals surface area contributed by atoms with Crippen molar-refractivity contribution in [1.82, 2.24) is 10.6 Å². The first-order chi connectivity index (χ1) is 9.13.